The topological polar surface area (TPSA) is 88.5 Å². The number of nitrogens with zero attached hydrogens (tertiary/aromatic N) is 1. The number of amides is 1. The third-order valence-corrected chi connectivity index (χ3v) is 3.90. The summed E-state index contributed by atoms with van der Waals surface area (Å²) in [6, 6.07) is 5.02. The molecule has 6 heteroatoms. The highest BCUT2D eigenvalue weighted by molar-refractivity contribution is 5.92. The Morgan fingerprint density at radius 1 is 1.38 bits per heavy atom. The summed E-state index contributed by atoms with van der Waals surface area (Å²) >= 11 is 0. The molecule has 1 fully saturated rings. The fraction of sp³-hybridized carbons (Fsp3) is 0.467. The van der Waals surface area contributed by atoms with E-state index in [2.05, 4.69) is 10.5 Å². The maximum Gasteiger partial charge on any atom is 0.273 e. The van der Waals surface area contributed by atoms with Gasteiger partial charge in [-0.05, 0) is 25.0 Å². The third kappa shape index (κ3) is 3.16. The smallest absolute Gasteiger partial charge is 0.273 e. The number of furan rings is 1. The van der Waals surface area contributed by atoms with E-state index in [0.29, 0.717) is 18.1 Å². The summed E-state index contributed by atoms with van der Waals surface area (Å²) in [6.07, 6.45) is 5.12. The largest absolute Gasteiger partial charge is 0.461 e. The van der Waals surface area contributed by atoms with Gasteiger partial charge in [0.15, 0.2) is 11.5 Å². The molecule has 0 saturated heterocycles. The molecule has 21 heavy (non-hydrogen) atoms. The van der Waals surface area contributed by atoms with E-state index >= 15 is 0 Å². The molecule has 0 aromatic carbocycles. The molecule has 2 atom stereocenters. The standard InChI is InChI=1S/C15H18N2O4/c18-12-5-2-1-4-10(12)9-16-15(19)11-8-14(21-17-11)13-6-3-7-20-13/h3,6-8,10,12,18H,1-2,4-5,9H2,(H,16,19). The Balaban J connectivity index is 1.58. The fourth-order valence-corrected chi connectivity index (χ4v) is 2.66. The minimum absolute atomic E-state index is 0.124. The van der Waals surface area contributed by atoms with Gasteiger partial charge < -0.3 is 19.4 Å². The van der Waals surface area contributed by atoms with E-state index in [-0.39, 0.29) is 23.6 Å². The lowest BCUT2D eigenvalue weighted by Crippen LogP contribution is -2.36. The van der Waals surface area contributed by atoms with Gasteiger partial charge in [0.25, 0.3) is 5.91 Å². The molecule has 0 radical (unpaired) electrons. The first kappa shape index (κ1) is 13.9. The predicted octanol–water partition coefficient (Wildman–Crippen LogP) is 2.22. The summed E-state index contributed by atoms with van der Waals surface area (Å²) in [5.74, 6) is 0.778. The molecule has 2 aromatic rings. The minimum Gasteiger partial charge on any atom is -0.461 e. The Morgan fingerprint density at radius 2 is 2.24 bits per heavy atom. The molecule has 112 valence electrons. The van der Waals surface area contributed by atoms with Crippen molar-refractivity contribution < 1.29 is 18.8 Å². The van der Waals surface area contributed by atoms with E-state index in [4.69, 9.17) is 8.94 Å². The summed E-state index contributed by atoms with van der Waals surface area (Å²) in [4.78, 5) is 12.0. The van der Waals surface area contributed by atoms with E-state index in [0.717, 1.165) is 25.7 Å². The Labute approximate surface area is 122 Å². The maximum atomic E-state index is 12.0. The first-order chi connectivity index (χ1) is 10.2. The van der Waals surface area contributed by atoms with Gasteiger partial charge in [0.1, 0.15) is 0 Å². The molecule has 1 aliphatic carbocycles. The normalized spacial score (nSPS) is 22.1. The second kappa shape index (κ2) is 6.13. The lowest BCUT2D eigenvalue weighted by molar-refractivity contribution is 0.0661. The van der Waals surface area contributed by atoms with Gasteiger partial charge in [0, 0.05) is 18.5 Å². The quantitative estimate of drug-likeness (QED) is 0.901. The van der Waals surface area contributed by atoms with Crippen LogP contribution in [0.2, 0.25) is 0 Å². The highest BCUT2D eigenvalue weighted by Crippen LogP contribution is 2.24. The second-order valence-electron chi connectivity index (χ2n) is 5.38. The molecule has 2 aromatic heterocycles. The van der Waals surface area contributed by atoms with Crippen LogP contribution in [0.5, 0.6) is 0 Å². The molecule has 2 N–H and O–H groups in total. The zero-order chi connectivity index (χ0) is 14.7. The summed E-state index contributed by atoms with van der Waals surface area (Å²) in [7, 11) is 0. The third-order valence-electron chi connectivity index (χ3n) is 3.90. The van der Waals surface area contributed by atoms with Crippen molar-refractivity contribution in [2.75, 3.05) is 6.54 Å². The SMILES string of the molecule is O=C(NCC1CCCCC1O)c1cc(-c2ccco2)on1. The Kier molecular flexibility index (Phi) is 4.06. The Bertz CT molecular complexity index is 591. The average molecular weight is 290 g/mol. The molecular weight excluding hydrogens is 272 g/mol. The van der Waals surface area contributed by atoms with E-state index in [1.54, 1.807) is 18.2 Å². The maximum absolute atomic E-state index is 12.0. The molecule has 2 unspecified atom stereocenters. The van der Waals surface area contributed by atoms with E-state index in [1.165, 1.54) is 6.26 Å². The van der Waals surface area contributed by atoms with Crippen molar-refractivity contribution in [2.45, 2.75) is 31.8 Å². The number of aromatic nitrogens is 1. The molecule has 1 saturated carbocycles. The van der Waals surface area contributed by atoms with Gasteiger partial charge in [0.05, 0.1) is 12.4 Å². The number of carbonyl (C=O) groups is 1. The molecule has 0 bridgehead atoms. The number of nitrogens with one attached hydrogen (secondary N) is 1. The van der Waals surface area contributed by atoms with Gasteiger partial charge in [-0.1, -0.05) is 18.0 Å². The number of carbonyl (C=O) groups excluding carboxylic acids is 1. The zero-order valence-electron chi connectivity index (χ0n) is 11.6. The summed E-state index contributed by atoms with van der Waals surface area (Å²) < 4.78 is 10.3. The van der Waals surface area contributed by atoms with Gasteiger partial charge >= 0.3 is 0 Å². The highest BCUT2D eigenvalue weighted by atomic mass is 16.5. The zero-order valence-corrected chi connectivity index (χ0v) is 11.6. The van der Waals surface area contributed by atoms with Crippen LogP contribution in [0.4, 0.5) is 0 Å². The molecule has 1 aliphatic rings. The number of rotatable bonds is 4. The van der Waals surface area contributed by atoms with Crippen LogP contribution < -0.4 is 5.32 Å². The second-order valence-corrected chi connectivity index (χ2v) is 5.38. The average Bonchev–Trinajstić information content (AvgIpc) is 3.16. The van der Waals surface area contributed by atoms with Crippen molar-refractivity contribution >= 4 is 5.91 Å². The predicted molar refractivity (Wildman–Crippen MR) is 74.5 cm³/mol. The van der Waals surface area contributed by atoms with Crippen LogP contribution in [0.15, 0.2) is 33.4 Å². The van der Waals surface area contributed by atoms with Gasteiger partial charge in [-0.2, -0.15) is 0 Å². The van der Waals surface area contributed by atoms with Crippen LogP contribution in [0.1, 0.15) is 36.2 Å². The van der Waals surface area contributed by atoms with Crippen molar-refractivity contribution in [3.05, 3.63) is 30.2 Å². The highest BCUT2D eigenvalue weighted by Gasteiger charge is 2.24. The summed E-state index contributed by atoms with van der Waals surface area (Å²) in [5, 5.41) is 16.4. The summed E-state index contributed by atoms with van der Waals surface area (Å²) in [5.41, 5.74) is 0.215. The van der Waals surface area contributed by atoms with Gasteiger partial charge in [-0.3, -0.25) is 4.79 Å². The molecule has 3 rings (SSSR count). The van der Waals surface area contributed by atoms with Crippen molar-refractivity contribution in [1.82, 2.24) is 10.5 Å². The molecule has 6 nitrogen and oxygen atoms in total. The van der Waals surface area contributed by atoms with Crippen LogP contribution >= 0.6 is 0 Å². The summed E-state index contributed by atoms with van der Waals surface area (Å²) in [6.45, 7) is 0.461. The fourth-order valence-electron chi connectivity index (χ4n) is 2.66. The minimum atomic E-state index is -0.324. The number of aliphatic hydroxyl groups is 1. The van der Waals surface area contributed by atoms with E-state index in [9.17, 15) is 9.90 Å². The molecule has 0 aliphatic heterocycles. The van der Waals surface area contributed by atoms with Gasteiger partial charge in [0.2, 0.25) is 5.76 Å². The van der Waals surface area contributed by atoms with Crippen LogP contribution in [0.25, 0.3) is 11.5 Å². The van der Waals surface area contributed by atoms with Crippen LogP contribution in [0, 0.1) is 5.92 Å². The van der Waals surface area contributed by atoms with Crippen molar-refractivity contribution in [3.8, 4) is 11.5 Å². The molecule has 0 spiro atoms. The number of aliphatic hydroxyl groups excluding tert-OH is 1. The Morgan fingerprint density at radius 3 is 3.00 bits per heavy atom. The van der Waals surface area contributed by atoms with Gasteiger partial charge in [-0.15, -0.1) is 0 Å². The van der Waals surface area contributed by atoms with E-state index < -0.39 is 0 Å². The Hall–Kier alpha value is -2.08. The molecule has 2 heterocycles. The number of hydrogen-bond donors (Lipinski definition) is 2. The molecule has 1 amide bonds. The van der Waals surface area contributed by atoms with Crippen LogP contribution in [-0.2, 0) is 0 Å². The monoisotopic (exact) mass is 290 g/mol. The number of hydrogen-bond acceptors (Lipinski definition) is 5. The van der Waals surface area contributed by atoms with Crippen molar-refractivity contribution in [1.29, 1.82) is 0 Å². The van der Waals surface area contributed by atoms with Crippen LogP contribution in [0.3, 0.4) is 0 Å². The van der Waals surface area contributed by atoms with Crippen LogP contribution in [-0.4, -0.2) is 28.8 Å². The van der Waals surface area contributed by atoms with Crippen molar-refractivity contribution in [3.63, 3.8) is 0 Å². The lowest BCUT2D eigenvalue weighted by atomic mass is 9.86. The first-order valence-electron chi connectivity index (χ1n) is 7.21. The van der Waals surface area contributed by atoms with Crippen molar-refractivity contribution in [2.24, 2.45) is 5.92 Å². The van der Waals surface area contributed by atoms with Gasteiger partial charge in [-0.25, -0.2) is 0 Å². The first-order valence-corrected chi connectivity index (χ1v) is 7.21. The molecular formula is C15H18N2O4. The van der Waals surface area contributed by atoms with E-state index in [1.807, 2.05) is 0 Å². The lowest BCUT2D eigenvalue weighted by Gasteiger charge is -2.27.